The summed E-state index contributed by atoms with van der Waals surface area (Å²) in [6.45, 7) is 5.63. The molecule has 0 saturated heterocycles. The van der Waals surface area contributed by atoms with E-state index in [1.807, 2.05) is 13.8 Å². The number of nitrogens with one attached hydrogen (secondary N) is 1. The molecule has 108 valence electrons. The highest BCUT2D eigenvalue weighted by Crippen LogP contribution is 2.24. The maximum atomic E-state index is 12.2. The van der Waals surface area contributed by atoms with E-state index in [0.29, 0.717) is 18.4 Å². The Morgan fingerprint density at radius 1 is 1.37 bits per heavy atom. The number of nitrogen functional groups attached to an aromatic ring is 1. The predicted octanol–water partition coefficient (Wildman–Crippen LogP) is 1.32. The van der Waals surface area contributed by atoms with Gasteiger partial charge in [0, 0.05) is 6.54 Å². The molecule has 0 aromatic heterocycles. The first-order valence-corrected chi connectivity index (χ1v) is 7.81. The van der Waals surface area contributed by atoms with Gasteiger partial charge in [-0.3, -0.25) is 0 Å². The van der Waals surface area contributed by atoms with Crippen molar-refractivity contribution in [3.8, 4) is 0 Å². The third kappa shape index (κ3) is 3.92. The molecule has 0 spiro atoms. The first kappa shape index (κ1) is 15.9. The average Bonchev–Trinajstić information content (AvgIpc) is 2.33. The molecule has 6 heteroatoms. The van der Waals surface area contributed by atoms with Crippen LogP contribution in [0.4, 0.5) is 5.69 Å². The van der Waals surface area contributed by atoms with Gasteiger partial charge in [0.15, 0.2) is 0 Å². The Balaban J connectivity index is 2.92. The van der Waals surface area contributed by atoms with Crippen LogP contribution in [0, 0.1) is 13.8 Å². The van der Waals surface area contributed by atoms with Crippen molar-refractivity contribution in [3.63, 3.8) is 0 Å². The second-order valence-corrected chi connectivity index (χ2v) is 6.38. The minimum atomic E-state index is -3.63. The zero-order valence-corrected chi connectivity index (χ0v) is 12.4. The fraction of sp³-hybridized carbons (Fsp3) is 0.538. The molecular weight excluding hydrogens is 264 g/mol. The van der Waals surface area contributed by atoms with Gasteiger partial charge in [0.05, 0.1) is 11.8 Å². The van der Waals surface area contributed by atoms with E-state index in [2.05, 4.69) is 4.72 Å². The number of anilines is 1. The molecule has 0 amide bonds. The Labute approximate surface area is 114 Å². The molecule has 1 aromatic rings. The van der Waals surface area contributed by atoms with E-state index in [4.69, 9.17) is 5.73 Å². The number of aliphatic hydroxyl groups excluding tert-OH is 1. The Bertz CT molecular complexity index is 541. The van der Waals surface area contributed by atoms with Crippen LogP contribution >= 0.6 is 0 Å². The van der Waals surface area contributed by atoms with Gasteiger partial charge in [0.1, 0.15) is 4.90 Å². The summed E-state index contributed by atoms with van der Waals surface area (Å²) >= 11 is 0. The molecular formula is C13H22N2O3S. The molecule has 1 rings (SSSR count). The molecule has 1 unspecified atom stereocenters. The first-order valence-electron chi connectivity index (χ1n) is 6.33. The van der Waals surface area contributed by atoms with Crippen molar-refractivity contribution < 1.29 is 13.5 Å². The van der Waals surface area contributed by atoms with E-state index < -0.39 is 16.1 Å². The normalized spacial score (nSPS) is 13.5. The molecule has 0 radical (unpaired) electrons. The summed E-state index contributed by atoms with van der Waals surface area (Å²) in [5.74, 6) is 0. The Hall–Kier alpha value is -1.11. The maximum Gasteiger partial charge on any atom is 0.242 e. The maximum absolute atomic E-state index is 12.2. The Kier molecular flexibility index (Phi) is 5.34. The summed E-state index contributed by atoms with van der Waals surface area (Å²) < 4.78 is 26.9. The van der Waals surface area contributed by atoms with Crippen molar-refractivity contribution in [2.24, 2.45) is 0 Å². The van der Waals surface area contributed by atoms with Crippen LogP contribution in [0.25, 0.3) is 0 Å². The van der Waals surface area contributed by atoms with Gasteiger partial charge in [0.2, 0.25) is 10.0 Å². The third-order valence-electron chi connectivity index (χ3n) is 3.22. The highest BCUT2D eigenvalue weighted by atomic mass is 32.2. The van der Waals surface area contributed by atoms with E-state index in [9.17, 15) is 13.5 Å². The second-order valence-electron chi connectivity index (χ2n) is 4.67. The van der Waals surface area contributed by atoms with Gasteiger partial charge in [-0.15, -0.1) is 0 Å². The molecule has 0 aliphatic carbocycles. The van der Waals surface area contributed by atoms with Crippen LogP contribution in [0.15, 0.2) is 17.0 Å². The number of benzene rings is 1. The molecule has 5 nitrogen and oxygen atoms in total. The number of nitrogens with two attached hydrogens (primary N) is 1. The topological polar surface area (TPSA) is 92.4 Å². The molecule has 1 aromatic carbocycles. The lowest BCUT2D eigenvalue weighted by Crippen LogP contribution is -2.28. The van der Waals surface area contributed by atoms with Crippen molar-refractivity contribution >= 4 is 15.7 Å². The van der Waals surface area contributed by atoms with Crippen molar-refractivity contribution in [1.82, 2.24) is 4.72 Å². The van der Waals surface area contributed by atoms with Crippen LogP contribution in [0.1, 0.15) is 30.9 Å². The zero-order chi connectivity index (χ0) is 14.6. The monoisotopic (exact) mass is 286 g/mol. The summed E-state index contributed by atoms with van der Waals surface area (Å²) in [6, 6.07) is 3.39. The number of aryl methyl sites for hydroxylation is 1. The number of aliphatic hydroxyl groups is 1. The van der Waals surface area contributed by atoms with E-state index in [-0.39, 0.29) is 17.1 Å². The second kappa shape index (κ2) is 6.36. The minimum Gasteiger partial charge on any atom is -0.398 e. The smallest absolute Gasteiger partial charge is 0.242 e. The number of hydrogen-bond acceptors (Lipinski definition) is 4. The van der Waals surface area contributed by atoms with Crippen LogP contribution in [-0.2, 0) is 10.0 Å². The van der Waals surface area contributed by atoms with Crippen LogP contribution in [-0.4, -0.2) is 26.2 Å². The number of rotatable bonds is 6. The van der Waals surface area contributed by atoms with Crippen LogP contribution < -0.4 is 10.5 Å². The van der Waals surface area contributed by atoms with Gasteiger partial charge in [0.25, 0.3) is 0 Å². The molecule has 0 bridgehead atoms. The lowest BCUT2D eigenvalue weighted by Gasteiger charge is -2.14. The molecule has 0 aliphatic heterocycles. The molecule has 0 fully saturated rings. The molecule has 0 heterocycles. The fourth-order valence-corrected chi connectivity index (χ4v) is 3.28. The van der Waals surface area contributed by atoms with Gasteiger partial charge in [-0.05, 0) is 43.9 Å². The summed E-state index contributed by atoms with van der Waals surface area (Å²) in [6.07, 6.45) is 0.507. The summed E-state index contributed by atoms with van der Waals surface area (Å²) in [5, 5.41) is 9.42. The van der Waals surface area contributed by atoms with Gasteiger partial charge in [-0.2, -0.15) is 0 Å². The van der Waals surface area contributed by atoms with Crippen molar-refractivity contribution in [2.75, 3.05) is 12.3 Å². The van der Waals surface area contributed by atoms with Crippen LogP contribution in [0.3, 0.4) is 0 Å². The third-order valence-corrected chi connectivity index (χ3v) is 4.88. The van der Waals surface area contributed by atoms with E-state index >= 15 is 0 Å². The Morgan fingerprint density at radius 2 is 2.00 bits per heavy atom. The van der Waals surface area contributed by atoms with Gasteiger partial charge in [-0.25, -0.2) is 13.1 Å². The van der Waals surface area contributed by atoms with Gasteiger partial charge < -0.3 is 10.8 Å². The highest BCUT2D eigenvalue weighted by molar-refractivity contribution is 7.89. The Morgan fingerprint density at radius 3 is 2.58 bits per heavy atom. The van der Waals surface area contributed by atoms with E-state index in [0.717, 1.165) is 5.56 Å². The molecule has 19 heavy (non-hydrogen) atoms. The SMILES string of the molecule is CCC(O)CCNS(=O)(=O)c1c(N)ccc(C)c1C. The first-order chi connectivity index (χ1) is 8.79. The molecule has 1 atom stereocenters. The van der Waals surface area contributed by atoms with Crippen molar-refractivity contribution in [1.29, 1.82) is 0 Å². The highest BCUT2D eigenvalue weighted by Gasteiger charge is 2.20. The lowest BCUT2D eigenvalue weighted by molar-refractivity contribution is 0.162. The summed E-state index contributed by atoms with van der Waals surface area (Å²) in [4.78, 5) is 0.137. The molecule has 4 N–H and O–H groups in total. The lowest BCUT2D eigenvalue weighted by atomic mass is 10.1. The number of sulfonamides is 1. The van der Waals surface area contributed by atoms with E-state index in [1.54, 1.807) is 19.1 Å². The zero-order valence-electron chi connectivity index (χ0n) is 11.6. The predicted molar refractivity (Wildman–Crippen MR) is 76.4 cm³/mol. The summed E-state index contributed by atoms with van der Waals surface area (Å²) in [5.41, 5.74) is 7.54. The van der Waals surface area contributed by atoms with Crippen molar-refractivity contribution in [3.05, 3.63) is 23.3 Å². The molecule has 0 saturated carbocycles. The minimum absolute atomic E-state index is 0.137. The van der Waals surface area contributed by atoms with Gasteiger partial charge >= 0.3 is 0 Å². The van der Waals surface area contributed by atoms with E-state index in [1.165, 1.54) is 0 Å². The quantitative estimate of drug-likeness (QED) is 0.688. The average molecular weight is 286 g/mol. The fourth-order valence-electron chi connectivity index (χ4n) is 1.80. The van der Waals surface area contributed by atoms with Gasteiger partial charge in [-0.1, -0.05) is 13.0 Å². The van der Waals surface area contributed by atoms with Crippen molar-refractivity contribution in [2.45, 2.75) is 44.6 Å². The summed E-state index contributed by atoms with van der Waals surface area (Å²) in [7, 11) is -3.63. The largest absolute Gasteiger partial charge is 0.398 e. The van der Waals surface area contributed by atoms with Crippen LogP contribution in [0.5, 0.6) is 0 Å². The standard InChI is InChI=1S/C13H22N2O3S/c1-4-11(16)7-8-15-19(17,18)13-10(3)9(2)5-6-12(13)14/h5-6,11,15-16H,4,7-8,14H2,1-3H3. The van der Waals surface area contributed by atoms with Crippen LogP contribution in [0.2, 0.25) is 0 Å². The molecule has 0 aliphatic rings. The number of hydrogen-bond donors (Lipinski definition) is 3.